The van der Waals surface area contributed by atoms with Crippen LogP contribution in [0, 0.1) is 5.92 Å². The molecule has 0 saturated carbocycles. The Morgan fingerprint density at radius 2 is 1.85 bits per heavy atom. The van der Waals surface area contributed by atoms with Crippen LogP contribution in [0.2, 0.25) is 0 Å². The van der Waals surface area contributed by atoms with Gasteiger partial charge >= 0.3 is 5.97 Å². The molecule has 0 spiro atoms. The number of carbonyl (C=O) groups excluding carboxylic acids is 2. The minimum Gasteiger partial charge on any atom is -0.481 e. The summed E-state index contributed by atoms with van der Waals surface area (Å²) < 4.78 is 0. The van der Waals surface area contributed by atoms with E-state index in [1.165, 1.54) is 11.3 Å². The van der Waals surface area contributed by atoms with Crippen molar-refractivity contribution < 1.29 is 19.5 Å². The summed E-state index contributed by atoms with van der Waals surface area (Å²) in [6.45, 7) is 5.04. The highest BCUT2D eigenvalue weighted by molar-refractivity contribution is 7.12. The van der Waals surface area contributed by atoms with Gasteiger partial charge in [0.05, 0.1) is 11.3 Å². The number of aliphatic carboxylic acids is 1. The lowest BCUT2D eigenvalue weighted by molar-refractivity contribution is -0.137. The zero-order valence-corrected chi connectivity index (χ0v) is 16.3. The van der Waals surface area contributed by atoms with E-state index in [2.05, 4.69) is 5.32 Å². The number of benzene rings is 1. The molecule has 2 N–H and O–H groups in total. The van der Waals surface area contributed by atoms with Gasteiger partial charge in [-0.2, -0.15) is 0 Å². The maximum absolute atomic E-state index is 12.7. The second-order valence-electron chi connectivity index (χ2n) is 6.65. The van der Waals surface area contributed by atoms with E-state index in [0.717, 1.165) is 5.56 Å². The molecule has 2 rings (SSSR count). The van der Waals surface area contributed by atoms with Gasteiger partial charge in [0.1, 0.15) is 0 Å². The fraction of sp³-hybridized carbons (Fsp3) is 0.350. The van der Waals surface area contributed by atoms with Crippen molar-refractivity contribution in [2.45, 2.75) is 26.8 Å². The van der Waals surface area contributed by atoms with E-state index >= 15 is 0 Å². The van der Waals surface area contributed by atoms with Crippen LogP contribution in [-0.2, 0) is 11.3 Å². The Labute approximate surface area is 162 Å². The van der Waals surface area contributed by atoms with Gasteiger partial charge in [0, 0.05) is 25.2 Å². The van der Waals surface area contributed by atoms with E-state index in [0.29, 0.717) is 23.5 Å². The molecule has 1 heterocycles. The monoisotopic (exact) mass is 388 g/mol. The fourth-order valence-corrected chi connectivity index (χ4v) is 3.21. The molecule has 27 heavy (non-hydrogen) atoms. The Morgan fingerprint density at radius 1 is 1.15 bits per heavy atom. The van der Waals surface area contributed by atoms with Crippen LogP contribution in [0.5, 0.6) is 0 Å². The van der Waals surface area contributed by atoms with Crippen LogP contribution in [0.15, 0.2) is 41.8 Å². The molecule has 144 valence electrons. The zero-order valence-electron chi connectivity index (χ0n) is 15.5. The molecule has 0 aliphatic carbocycles. The lowest BCUT2D eigenvalue weighted by Gasteiger charge is -2.24. The Kier molecular flexibility index (Phi) is 7.55. The molecule has 6 nitrogen and oxygen atoms in total. The molecule has 0 radical (unpaired) electrons. The fourth-order valence-electron chi connectivity index (χ4n) is 2.57. The van der Waals surface area contributed by atoms with Gasteiger partial charge in [0.2, 0.25) is 0 Å². The minimum absolute atomic E-state index is 0.0781. The quantitative estimate of drug-likeness (QED) is 0.690. The Morgan fingerprint density at radius 3 is 2.41 bits per heavy atom. The summed E-state index contributed by atoms with van der Waals surface area (Å²) >= 11 is 1.38. The maximum Gasteiger partial charge on any atom is 0.305 e. The van der Waals surface area contributed by atoms with Crippen molar-refractivity contribution in [3.05, 3.63) is 57.8 Å². The van der Waals surface area contributed by atoms with Gasteiger partial charge in [-0.05, 0) is 35.1 Å². The Bertz CT molecular complexity index is 770. The van der Waals surface area contributed by atoms with Gasteiger partial charge in [0.15, 0.2) is 0 Å². The number of carboxylic acid groups (broad SMARTS) is 1. The molecule has 0 atom stereocenters. The third kappa shape index (κ3) is 6.53. The molecule has 0 fully saturated rings. The molecule has 2 amide bonds. The molecule has 0 saturated heterocycles. The highest BCUT2D eigenvalue weighted by Crippen LogP contribution is 2.12. The first-order chi connectivity index (χ1) is 12.9. The molecular formula is C20H24N2O4S. The Hall–Kier alpha value is -2.67. The first-order valence-corrected chi connectivity index (χ1v) is 9.66. The van der Waals surface area contributed by atoms with Crippen molar-refractivity contribution in [2.75, 3.05) is 13.1 Å². The SMILES string of the molecule is CC(C)CN(CCC(=O)O)C(=O)c1ccc(CNC(=O)c2cccs2)cc1. The first kappa shape index (κ1) is 20.6. The lowest BCUT2D eigenvalue weighted by atomic mass is 10.1. The molecular weight excluding hydrogens is 364 g/mol. The summed E-state index contributed by atoms with van der Waals surface area (Å²) in [7, 11) is 0. The number of rotatable bonds is 9. The first-order valence-electron chi connectivity index (χ1n) is 8.78. The number of hydrogen-bond acceptors (Lipinski definition) is 4. The molecule has 2 aromatic rings. The molecule has 1 aromatic heterocycles. The van der Waals surface area contributed by atoms with Crippen LogP contribution in [-0.4, -0.2) is 40.9 Å². The van der Waals surface area contributed by atoms with E-state index in [4.69, 9.17) is 5.11 Å². The van der Waals surface area contributed by atoms with Crippen molar-refractivity contribution in [1.82, 2.24) is 10.2 Å². The van der Waals surface area contributed by atoms with Gasteiger partial charge in [-0.3, -0.25) is 14.4 Å². The number of carbonyl (C=O) groups is 3. The van der Waals surface area contributed by atoms with Gasteiger partial charge in [-0.25, -0.2) is 0 Å². The maximum atomic E-state index is 12.7. The summed E-state index contributed by atoms with van der Waals surface area (Å²) in [6, 6.07) is 10.6. The van der Waals surface area contributed by atoms with Crippen LogP contribution < -0.4 is 5.32 Å². The van der Waals surface area contributed by atoms with E-state index in [-0.39, 0.29) is 30.7 Å². The average molecular weight is 388 g/mol. The second kappa shape index (κ2) is 9.87. The van der Waals surface area contributed by atoms with Gasteiger partial charge in [-0.1, -0.05) is 32.0 Å². The average Bonchev–Trinajstić information content (AvgIpc) is 3.17. The van der Waals surface area contributed by atoms with Gasteiger partial charge in [-0.15, -0.1) is 11.3 Å². The number of nitrogens with zero attached hydrogens (tertiary/aromatic N) is 1. The van der Waals surface area contributed by atoms with E-state index < -0.39 is 5.97 Å². The zero-order chi connectivity index (χ0) is 19.8. The number of hydrogen-bond donors (Lipinski definition) is 2. The molecule has 7 heteroatoms. The summed E-state index contributed by atoms with van der Waals surface area (Å²) in [5.41, 5.74) is 1.40. The number of thiophene rings is 1. The van der Waals surface area contributed by atoms with E-state index in [1.54, 1.807) is 35.2 Å². The summed E-state index contributed by atoms with van der Waals surface area (Å²) in [4.78, 5) is 37.7. The lowest BCUT2D eigenvalue weighted by Crippen LogP contribution is -2.36. The van der Waals surface area contributed by atoms with Crippen molar-refractivity contribution in [2.24, 2.45) is 5.92 Å². The molecule has 1 aromatic carbocycles. The smallest absolute Gasteiger partial charge is 0.305 e. The minimum atomic E-state index is -0.923. The summed E-state index contributed by atoms with van der Waals surface area (Å²) in [5.74, 6) is -0.982. The third-order valence-corrected chi connectivity index (χ3v) is 4.74. The molecule has 0 unspecified atom stereocenters. The Balaban J connectivity index is 1.97. The summed E-state index contributed by atoms with van der Waals surface area (Å²) in [6.07, 6.45) is -0.0781. The van der Waals surface area contributed by atoms with Crippen LogP contribution in [0.1, 0.15) is 45.9 Å². The third-order valence-electron chi connectivity index (χ3n) is 3.87. The van der Waals surface area contributed by atoms with Gasteiger partial charge < -0.3 is 15.3 Å². The second-order valence-corrected chi connectivity index (χ2v) is 7.59. The topological polar surface area (TPSA) is 86.7 Å². The summed E-state index contributed by atoms with van der Waals surface area (Å²) in [5, 5.41) is 13.6. The van der Waals surface area contributed by atoms with Crippen molar-refractivity contribution in [3.63, 3.8) is 0 Å². The molecule has 0 bridgehead atoms. The van der Waals surface area contributed by atoms with Gasteiger partial charge in [0.25, 0.3) is 11.8 Å². The number of carboxylic acids is 1. The standard InChI is InChI=1S/C20H24N2O4S/c1-14(2)13-22(10-9-18(23)24)20(26)16-7-5-15(6-8-16)12-21-19(25)17-4-3-11-27-17/h3-8,11,14H,9-10,12-13H2,1-2H3,(H,21,25)(H,23,24). The normalized spacial score (nSPS) is 10.6. The predicted octanol–water partition coefficient (Wildman–Crippen LogP) is 3.25. The van der Waals surface area contributed by atoms with E-state index in [1.807, 2.05) is 25.3 Å². The van der Waals surface area contributed by atoms with E-state index in [9.17, 15) is 14.4 Å². The van der Waals surface area contributed by atoms with Crippen LogP contribution in [0.25, 0.3) is 0 Å². The molecule has 0 aliphatic heterocycles. The predicted molar refractivity (Wildman–Crippen MR) is 105 cm³/mol. The highest BCUT2D eigenvalue weighted by atomic mass is 32.1. The molecule has 0 aliphatic rings. The van der Waals surface area contributed by atoms with Crippen molar-refractivity contribution in [1.29, 1.82) is 0 Å². The van der Waals surface area contributed by atoms with Crippen LogP contribution in [0.4, 0.5) is 0 Å². The number of amides is 2. The largest absolute Gasteiger partial charge is 0.481 e. The van der Waals surface area contributed by atoms with Crippen LogP contribution >= 0.6 is 11.3 Å². The van der Waals surface area contributed by atoms with Crippen molar-refractivity contribution in [3.8, 4) is 0 Å². The number of nitrogens with one attached hydrogen (secondary N) is 1. The highest BCUT2D eigenvalue weighted by Gasteiger charge is 2.18. The van der Waals surface area contributed by atoms with Crippen LogP contribution in [0.3, 0.4) is 0 Å². The van der Waals surface area contributed by atoms with Crippen molar-refractivity contribution >= 4 is 29.1 Å².